The van der Waals surface area contributed by atoms with E-state index in [1.54, 1.807) is 23.9 Å². The van der Waals surface area contributed by atoms with Crippen LogP contribution >= 0.6 is 23.4 Å². The second-order valence-electron chi connectivity index (χ2n) is 6.40. The van der Waals surface area contributed by atoms with Crippen LogP contribution < -0.4 is 15.5 Å². The third-order valence-electron chi connectivity index (χ3n) is 4.50. The Morgan fingerprint density at radius 2 is 2.03 bits per heavy atom. The highest BCUT2D eigenvalue weighted by molar-refractivity contribution is 8.00. The number of fused-ring (bicyclic) bond motifs is 1. The summed E-state index contributed by atoms with van der Waals surface area (Å²) in [5.74, 6) is 0.603. The highest BCUT2D eigenvalue weighted by atomic mass is 35.5. The first-order valence-electron chi connectivity index (χ1n) is 8.71. The number of methoxy groups -OCH3 is 1. The molecule has 3 aromatic rings. The Hall–Kier alpha value is -2.78. The average molecular weight is 434 g/mol. The largest absolute Gasteiger partial charge is 0.495 e. The first-order chi connectivity index (χ1) is 14.0. The maximum atomic E-state index is 13.2. The van der Waals surface area contributed by atoms with E-state index < -0.39 is 11.3 Å². The van der Waals surface area contributed by atoms with Gasteiger partial charge in [0.25, 0.3) is 0 Å². The number of rotatable bonds is 4. The molecule has 0 saturated carbocycles. The molecule has 0 radical (unpaired) electrons. The zero-order valence-corrected chi connectivity index (χ0v) is 17.1. The minimum Gasteiger partial charge on any atom is -0.495 e. The lowest BCUT2D eigenvalue weighted by atomic mass is 10.0. The molecule has 0 fully saturated rings. The van der Waals surface area contributed by atoms with Gasteiger partial charge in [0.1, 0.15) is 22.6 Å². The Morgan fingerprint density at radius 1 is 1.28 bits per heavy atom. The Balaban J connectivity index is 1.67. The molecule has 150 valence electrons. The number of aryl methyl sites for hydroxylation is 1. The summed E-state index contributed by atoms with van der Waals surface area (Å²) in [6, 6.07) is 10.6. The number of carbonyl (C=O) groups excluding carboxylic acids is 1. The van der Waals surface area contributed by atoms with E-state index in [1.165, 1.54) is 36.0 Å². The maximum Gasteiger partial charge on any atom is 0.240 e. The van der Waals surface area contributed by atoms with E-state index in [-0.39, 0.29) is 11.7 Å². The number of ether oxygens (including phenoxy) is 1. The van der Waals surface area contributed by atoms with Crippen LogP contribution in [0.4, 0.5) is 10.1 Å². The van der Waals surface area contributed by atoms with Crippen molar-refractivity contribution >= 4 is 35.0 Å². The van der Waals surface area contributed by atoms with Crippen molar-refractivity contribution in [2.75, 3.05) is 17.9 Å². The van der Waals surface area contributed by atoms with Crippen LogP contribution in [0.3, 0.4) is 0 Å². The topological polar surface area (TPSA) is 81.1 Å². The van der Waals surface area contributed by atoms with E-state index in [9.17, 15) is 9.18 Å². The molecule has 1 aromatic heterocycles. The first kappa shape index (κ1) is 19.5. The summed E-state index contributed by atoms with van der Waals surface area (Å²) >= 11 is 7.60. The number of hydrogen-bond donors (Lipinski definition) is 2. The molecule has 0 saturated heterocycles. The fourth-order valence-corrected chi connectivity index (χ4v) is 4.42. The Labute approximate surface area is 175 Å². The Kier molecular flexibility index (Phi) is 5.33. The second kappa shape index (κ2) is 7.92. The smallest absolute Gasteiger partial charge is 0.240 e. The van der Waals surface area contributed by atoms with Crippen LogP contribution in [0.25, 0.3) is 0 Å². The fourth-order valence-electron chi connectivity index (χ4n) is 3.03. The van der Waals surface area contributed by atoms with Gasteiger partial charge in [-0.15, -0.1) is 10.2 Å². The number of amides is 1. The molecule has 0 spiro atoms. The van der Waals surface area contributed by atoms with E-state index >= 15 is 0 Å². The van der Waals surface area contributed by atoms with Crippen LogP contribution in [0.2, 0.25) is 5.02 Å². The van der Waals surface area contributed by atoms with Crippen molar-refractivity contribution in [3.63, 3.8) is 0 Å². The van der Waals surface area contributed by atoms with Crippen molar-refractivity contribution in [1.82, 2.24) is 14.9 Å². The summed E-state index contributed by atoms with van der Waals surface area (Å²) in [6.07, 6.45) is 0. The van der Waals surface area contributed by atoms with Gasteiger partial charge in [-0.25, -0.2) is 9.07 Å². The van der Waals surface area contributed by atoms with Crippen molar-refractivity contribution in [1.29, 1.82) is 0 Å². The van der Waals surface area contributed by atoms with Gasteiger partial charge in [0, 0.05) is 5.69 Å². The van der Waals surface area contributed by atoms with Gasteiger partial charge in [0.05, 0.1) is 18.2 Å². The lowest BCUT2D eigenvalue weighted by molar-refractivity contribution is -0.116. The van der Waals surface area contributed by atoms with Crippen molar-refractivity contribution in [3.8, 4) is 5.75 Å². The first-order valence-corrected chi connectivity index (χ1v) is 9.97. The van der Waals surface area contributed by atoms with Gasteiger partial charge in [-0.3, -0.25) is 4.79 Å². The molecule has 7 nitrogen and oxygen atoms in total. The zero-order valence-electron chi connectivity index (χ0n) is 15.5. The van der Waals surface area contributed by atoms with Gasteiger partial charge in [-0.05, 0) is 48.9 Å². The third kappa shape index (κ3) is 3.88. The molecule has 1 aliphatic rings. The SMILES string of the molecule is COc1ccc([C@@H]2Nn3c(C)nnc3S[C@@H]2C(=O)Nc2ccc(F)cc2)cc1Cl. The minimum atomic E-state index is -0.569. The van der Waals surface area contributed by atoms with Gasteiger partial charge in [-0.1, -0.05) is 29.4 Å². The number of carbonyl (C=O) groups is 1. The summed E-state index contributed by atoms with van der Waals surface area (Å²) in [7, 11) is 1.54. The summed E-state index contributed by atoms with van der Waals surface area (Å²) in [5.41, 5.74) is 4.62. The average Bonchev–Trinajstić information content (AvgIpc) is 3.08. The molecular weight excluding hydrogens is 417 g/mol. The zero-order chi connectivity index (χ0) is 20.5. The van der Waals surface area contributed by atoms with Gasteiger partial charge < -0.3 is 15.5 Å². The number of hydrogen-bond acceptors (Lipinski definition) is 6. The van der Waals surface area contributed by atoms with Crippen molar-refractivity contribution in [2.24, 2.45) is 0 Å². The van der Waals surface area contributed by atoms with E-state index in [2.05, 4.69) is 20.9 Å². The highest BCUT2D eigenvalue weighted by Gasteiger charge is 2.37. The fraction of sp³-hybridized carbons (Fsp3) is 0.211. The normalized spacial score (nSPS) is 17.9. The Bertz CT molecular complexity index is 1060. The molecule has 4 rings (SSSR count). The lowest BCUT2D eigenvalue weighted by Gasteiger charge is -2.33. The molecule has 2 aromatic carbocycles. The van der Waals surface area contributed by atoms with Gasteiger partial charge >= 0.3 is 0 Å². The van der Waals surface area contributed by atoms with Gasteiger partial charge in [0.15, 0.2) is 0 Å². The lowest BCUT2D eigenvalue weighted by Crippen LogP contribution is -2.41. The number of nitrogens with zero attached hydrogens (tertiary/aromatic N) is 3. The number of benzene rings is 2. The predicted octanol–water partition coefficient (Wildman–Crippen LogP) is 3.79. The molecule has 0 aliphatic carbocycles. The molecule has 2 N–H and O–H groups in total. The molecule has 0 bridgehead atoms. The van der Waals surface area contributed by atoms with Gasteiger partial charge in [-0.2, -0.15) is 0 Å². The minimum absolute atomic E-state index is 0.252. The molecule has 29 heavy (non-hydrogen) atoms. The third-order valence-corrected chi connectivity index (χ3v) is 6.01. The summed E-state index contributed by atoms with van der Waals surface area (Å²) in [6.45, 7) is 1.82. The van der Waals surface area contributed by atoms with Crippen LogP contribution in [0.5, 0.6) is 5.75 Å². The summed E-state index contributed by atoms with van der Waals surface area (Å²) in [5, 5.41) is 11.5. The second-order valence-corrected chi connectivity index (χ2v) is 7.92. The van der Waals surface area contributed by atoms with Gasteiger partial charge in [0.2, 0.25) is 11.1 Å². The molecule has 1 aliphatic heterocycles. The predicted molar refractivity (Wildman–Crippen MR) is 110 cm³/mol. The maximum absolute atomic E-state index is 13.2. The van der Waals surface area contributed by atoms with E-state index in [0.717, 1.165) is 5.56 Å². The number of thioether (sulfide) groups is 1. The van der Waals surface area contributed by atoms with Crippen LogP contribution in [-0.4, -0.2) is 33.1 Å². The van der Waals surface area contributed by atoms with Crippen LogP contribution in [0, 0.1) is 12.7 Å². The van der Waals surface area contributed by atoms with E-state index in [4.69, 9.17) is 16.3 Å². The monoisotopic (exact) mass is 433 g/mol. The number of aromatic nitrogens is 3. The van der Waals surface area contributed by atoms with Crippen LogP contribution in [0.1, 0.15) is 17.4 Å². The van der Waals surface area contributed by atoms with Crippen molar-refractivity contribution in [3.05, 3.63) is 64.7 Å². The summed E-state index contributed by atoms with van der Waals surface area (Å²) in [4.78, 5) is 13.1. The molecule has 2 atom stereocenters. The quantitative estimate of drug-likeness (QED) is 0.651. The highest BCUT2D eigenvalue weighted by Crippen LogP contribution is 2.39. The molecule has 2 heterocycles. The molecule has 1 amide bonds. The van der Waals surface area contributed by atoms with Crippen LogP contribution in [0.15, 0.2) is 47.6 Å². The van der Waals surface area contributed by atoms with Crippen molar-refractivity contribution < 1.29 is 13.9 Å². The molecular formula is C19H17ClFN5O2S. The van der Waals surface area contributed by atoms with Crippen LogP contribution in [-0.2, 0) is 4.79 Å². The molecule has 10 heteroatoms. The van der Waals surface area contributed by atoms with E-state index in [1.807, 2.05) is 13.0 Å². The van der Waals surface area contributed by atoms with Crippen molar-refractivity contribution in [2.45, 2.75) is 23.4 Å². The van der Waals surface area contributed by atoms with E-state index in [0.29, 0.717) is 27.4 Å². The Morgan fingerprint density at radius 3 is 2.72 bits per heavy atom. The number of nitrogens with one attached hydrogen (secondary N) is 2. The standard InChI is InChI=1S/C19H17ClFN5O2S/c1-10-23-24-19-26(10)25-16(11-3-8-15(28-2)14(20)9-11)17(29-19)18(27)22-13-6-4-12(21)5-7-13/h3-9,16-17,25H,1-2H3,(H,22,27)/t16-,17-/m0/s1. The summed E-state index contributed by atoms with van der Waals surface area (Å²) < 4.78 is 20.1. The number of halogens is 2. The number of anilines is 1. The molecule has 0 unspecified atom stereocenters.